The van der Waals surface area contributed by atoms with Gasteiger partial charge in [-0.25, -0.2) is 0 Å². The molecule has 1 atom stereocenters. The Morgan fingerprint density at radius 3 is 2.38 bits per heavy atom. The first kappa shape index (κ1) is 18.0. The van der Waals surface area contributed by atoms with Crippen molar-refractivity contribution < 1.29 is 13.2 Å². The number of piperazine rings is 1. The summed E-state index contributed by atoms with van der Waals surface area (Å²) in [7, 11) is 0. The number of nitrogens with one attached hydrogen (secondary N) is 1. The molecule has 0 unspecified atom stereocenters. The van der Waals surface area contributed by atoms with Crippen LogP contribution in [0.5, 0.6) is 0 Å². The molecule has 130 valence electrons. The minimum atomic E-state index is -4.43. The van der Waals surface area contributed by atoms with E-state index in [1.54, 1.807) is 12.1 Å². The Labute approximate surface area is 152 Å². The first-order chi connectivity index (χ1) is 11.3. The zero-order chi connectivity index (χ0) is 17.3. The number of hydrogen-bond donors (Lipinski definition) is 1. The third kappa shape index (κ3) is 4.06. The molecule has 2 heterocycles. The molecule has 1 fully saturated rings. The van der Waals surface area contributed by atoms with Crippen molar-refractivity contribution in [1.29, 1.82) is 0 Å². The predicted octanol–water partition coefficient (Wildman–Crippen LogP) is 5.07. The third-order valence-corrected chi connectivity index (χ3v) is 5.45. The van der Waals surface area contributed by atoms with Crippen LogP contribution < -0.4 is 5.32 Å². The third-order valence-electron chi connectivity index (χ3n) is 3.94. The summed E-state index contributed by atoms with van der Waals surface area (Å²) < 4.78 is 40.1. The van der Waals surface area contributed by atoms with E-state index in [-0.39, 0.29) is 11.1 Å². The van der Waals surface area contributed by atoms with Gasteiger partial charge in [0.15, 0.2) is 0 Å². The van der Waals surface area contributed by atoms with Gasteiger partial charge in [0.05, 0.1) is 15.9 Å². The van der Waals surface area contributed by atoms with E-state index in [0.29, 0.717) is 9.90 Å². The van der Waals surface area contributed by atoms with Crippen molar-refractivity contribution in [2.75, 3.05) is 26.2 Å². The highest BCUT2D eigenvalue weighted by Crippen LogP contribution is 2.39. The molecule has 1 aliphatic heterocycles. The molecule has 0 spiro atoms. The van der Waals surface area contributed by atoms with Gasteiger partial charge >= 0.3 is 6.18 Å². The number of benzene rings is 1. The van der Waals surface area contributed by atoms with Crippen molar-refractivity contribution in [2.24, 2.45) is 0 Å². The van der Waals surface area contributed by atoms with Gasteiger partial charge in [-0.2, -0.15) is 13.2 Å². The summed E-state index contributed by atoms with van der Waals surface area (Å²) in [6, 6.07) is 7.11. The molecule has 1 aliphatic rings. The van der Waals surface area contributed by atoms with Gasteiger partial charge in [0.2, 0.25) is 0 Å². The molecule has 0 radical (unpaired) electrons. The van der Waals surface area contributed by atoms with Crippen LogP contribution in [-0.4, -0.2) is 31.1 Å². The number of nitrogens with zero attached hydrogens (tertiary/aromatic N) is 1. The standard InChI is InChI=1S/C16H15Cl2F3N2S/c17-12-8-10(7-11(9-12)16(19,20)21)15(13-1-2-14(18)24-13)23-5-3-22-4-6-23/h1-2,7-9,15,22H,3-6H2/t15-/m0/s1. The van der Waals surface area contributed by atoms with Gasteiger partial charge in [-0.1, -0.05) is 23.2 Å². The summed E-state index contributed by atoms with van der Waals surface area (Å²) in [6.45, 7) is 3.08. The van der Waals surface area contributed by atoms with E-state index in [9.17, 15) is 13.2 Å². The summed E-state index contributed by atoms with van der Waals surface area (Å²) in [5.74, 6) is 0. The number of rotatable bonds is 3. The molecule has 0 aliphatic carbocycles. The average molecular weight is 395 g/mol. The predicted molar refractivity (Wildman–Crippen MR) is 92.1 cm³/mol. The molecule has 24 heavy (non-hydrogen) atoms. The second kappa shape index (κ2) is 7.22. The van der Waals surface area contributed by atoms with Gasteiger partial charge < -0.3 is 5.32 Å². The molecule has 3 rings (SSSR count). The molecular formula is C16H15Cl2F3N2S. The first-order valence-corrected chi connectivity index (χ1v) is 8.99. The van der Waals surface area contributed by atoms with Gasteiger partial charge in [-0.15, -0.1) is 11.3 Å². The quantitative estimate of drug-likeness (QED) is 0.781. The summed E-state index contributed by atoms with van der Waals surface area (Å²) >= 11 is 13.4. The maximum Gasteiger partial charge on any atom is 0.416 e. The van der Waals surface area contributed by atoms with Crippen LogP contribution in [0.15, 0.2) is 30.3 Å². The van der Waals surface area contributed by atoms with Crippen LogP contribution in [0.4, 0.5) is 13.2 Å². The Balaban J connectivity index is 2.06. The highest BCUT2D eigenvalue weighted by Gasteiger charge is 2.33. The van der Waals surface area contributed by atoms with E-state index >= 15 is 0 Å². The highest BCUT2D eigenvalue weighted by molar-refractivity contribution is 7.16. The van der Waals surface area contributed by atoms with Gasteiger partial charge in [0.25, 0.3) is 0 Å². The van der Waals surface area contributed by atoms with E-state index in [1.807, 2.05) is 6.07 Å². The Morgan fingerprint density at radius 2 is 1.79 bits per heavy atom. The zero-order valence-corrected chi connectivity index (χ0v) is 14.9. The van der Waals surface area contributed by atoms with E-state index in [1.165, 1.54) is 17.4 Å². The van der Waals surface area contributed by atoms with Gasteiger partial charge in [0, 0.05) is 36.1 Å². The molecule has 0 bridgehead atoms. The lowest BCUT2D eigenvalue weighted by molar-refractivity contribution is -0.137. The van der Waals surface area contributed by atoms with Crippen LogP contribution in [0.1, 0.15) is 22.0 Å². The fraction of sp³-hybridized carbons (Fsp3) is 0.375. The SMILES string of the molecule is FC(F)(F)c1cc(Cl)cc([C@@H](c2ccc(Cl)s2)N2CCNCC2)c1. The summed E-state index contributed by atoms with van der Waals surface area (Å²) in [4.78, 5) is 3.07. The van der Waals surface area contributed by atoms with Crippen LogP contribution in [0.25, 0.3) is 0 Å². The smallest absolute Gasteiger partial charge is 0.314 e. The molecule has 8 heteroatoms. The number of thiophene rings is 1. The molecule has 1 N–H and O–H groups in total. The Morgan fingerprint density at radius 1 is 1.08 bits per heavy atom. The maximum absolute atomic E-state index is 13.2. The van der Waals surface area contributed by atoms with Crippen molar-refractivity contribution in [3.63, 3.8) is 0 Å². The van der Waals surface area contributed by atoms with Gasteiger partial charge in [0.1, 0.15) is 0 Å². The molecule has 1 aromatic heterocycles. The lowest BCUT2D eigenvalue weighted by atomic mass is 10.00. The Kier molecular flexibility index (Phi) is 5.42. The van der Waals surface area contributed by atoms with E-state index in [4.69, 9.17) is 23.2 Å². The van der Waals surface area contributed by atoms with Crippen molar-refractivity contribution in [3.05, 3.63) is 55.7 Å². The van der Waals surface area contributed by atoms with Gasteiger partial charge in [-0.05, 0) is 35.9 Å². The highest BCUT2D eigenvalue weighted by atomic mass is 35.5. The fourth-order valence-corrected chi connectivity index (χ4v) is 4.37. The van der Waals surface area contributed by atoms with Crippen LogP contribution in [-0.2, 0) is 6.18 Å². The van der Waals surface area contributed by atoms with Crippen LogP contribution in [0.3, 0.4) is 0 Å². The van der Waals surface area contributed by atoms with Crippen LogP contribution >= 0.6 is 34.5 Å². The van der Waals surface area contributed by atoms with Crippen molar-refractivity contribution in [3.8, 4) is 0 Å². The summed E-state index contributed by atoms with van der Waals surface area (Å²) in [5, 5.41) is 3.34. The molecule has 2 nitrogen and oxygen atoms in total. The largest absolute Gasteiger partial charge is 0.416 e. The van der Waals surface area contributed by atoms with Crippen LogP contribution in [0.2, 0.25) is 9.36 Å². The summed E-state index contributed by atoms with van der Waals surface area (Å²) in [5.41, 5.74) is -0.192. The van der Waals surface area contributed by atoms with Gasteiger partial charge in [-0.3, -0.25) is 4.90 Å². The Hall–Kier alpha value is -0.790. The van der Waals surface area contributed by atoms with E-state index in [2.05, 4.69) is 10.2 Å². The zero-order valence-electron chi connectivity index (χ0n) is 12.5. The molecular weight excluding hydrogens is 380 g/mol. The van der Waals surface area contributed by atoms with E-state index < -0.39 is 11.7 Å². The van der Waals surface area contributed by atoms with E-state index in [0.717, 1.165) is 37.1 Å². The number of halogens is 5. The molecule has 0 saturated carbocycles. The Bertz CT molecular complexity index is 712. The van der Waals surface area contributed by atoms with Crippen molar-refractivity contribution >= 4 is 34.5 Å². The first-order valence-electron chi connectivity index (χ1n) is 7.42. The lowest BCUT2D eigenvalue weighted by Gasteiger charge is -2.35. The normalized spacial score (nSPS) is 17.9. The van der Waals surface area contributed by atoms with Crippen molar-refractivity contribution in [2.45, 2.75) is 12.2 Å². The molecule has 1 saturated heterocycles. The monoisotopic (exact) mass is 394 g/mol. The minimum absolute atomic E-state index is 0.0858. The van der Waals surface area contributed by atoms with Crippen LogP contribution in [0, 0.1) is 0 Å². The lowest BCUT2D eigenvalue weighted by Crippen LogP contribution is -2.45. The molecule has 2 aromatic rings. The average Bonchev–Trinajstić information content (AvgIpc) is 2.93. The number of hydrogen-bond acceptors (Lipinski definition) is 3. The number of alkyl halides is 3. The van der Waals surface area contributed by atoms with Crippen molar-refractivity contribution in [1.82, 2.24) is 10.2 Å². The maximum atomic E-state index is 13.2. The minimum Gasteiger partial charge on any atom is -0.314 e. The molecule has 1 aromatic carbocycles. The topological polar surface area (TPSA) is 15.3 Å². The molecule has 0 amide bonds. The fourth-order valence-electron chi connectivity index (χ4n) is 2.90. The second-order valence-corrected chi connectivity index (χ2v) is 7.78. The summed E-state index contributed by atoms with van der Waals surface area (Å²) in [6.07, 6.45) is -4.43. The second-order valence-electron chi connectivity index (χ2n) is 5.60.